The lowest BCUT2D eigenvalue weighted by Gasteiger charge is -2.29. The van der Waals surface area contributed by atoms with Crippen LogP contribution in [0, 0.1) is 0 Å². The summed E-state index contributed by atoms with van der Waals surface area (Å²) in [5, 5.41) is 12.1. The van der Waals surface area contributed by atoms with E-state index in [1.807, 2.05) is 4.90 Å². The van der Waals surface area contributed by atoms with Crippen LogP contribution in [0.4, 0.5) is 0 Å². The summed E-state index contributed by atoms with van der Waals surface area (Å²) in [6.07, 6.45) is 2.50. The fraction of sp³-hybridized carbons (Fsp3) is 0.909. The second kappa shape index (κ2) is 6.08. The predicted molar refractivity (Wildman–Crippen MR) is 59.6 cm³/mol. The number of rotatable bonds is 4. The van der Waals surface area contributed by atoms with Crippen molar-refractivity contribution in [1.82, 2.24) is 10.2 Å². The van der Waals surface area contributed by atoms with Crippen LogP contribution in [-0.4, -0.2) is 47.7 Å². The SMILES string of the molecule is CCC(C)N1CCCNC(CCO)C1=O. The highest BCUT2D eigenvalue weighted by atomic mass is 16.3. The number of hydrogen-bond acceptors (Lipinski definition) is 3. The van der Waals surface area contributed by atoms with E-state index in [4.69, 9.17) is 5.11 Å². The molecule has 1 aliphatic rings. The van der Waals surface area contributed by atoms with E-state index in [2.05, 4.69) is 19.2 Å². The van der Waals surface area contributed by atoms with Crippen LogP contribution in [0.3, 0.4) is 0 Å². The Labute approximate surface area is 91.6 Å². The minimum Gasteiger partial charge on any atom is -0.396 e. The maximum absolute atomic E-state index is 12.1. The van der Waals surface area contributed by atoms with Gasteiger partial charge in [0.05, 0.1) is 6.04 Å². The smallest absolute Gasteiger partial charge is 0.240 e. The molecule has 88 valence electrons. The molecule has 0 saturated carbocycles. The van der Waals surface area contributed by atoms with Crippen molar-refractivity contribution in [2.45, 2.75) is 45.2 Å². The Kier molecular flexibility index (Phi) is 5.05. The van der Waals surface area contributed by atoms with Crippen molar-refractivity contribution < 1.29 is 9.90 Å². The van der Waals surface area contributed by atoms with Gasteiger partial charge in [0.2, 0.25) is 5.91 Å². The number of amides is 1. The molecule has 2 atom stereocenters. The van der Waals surface area contributed by atoms with Crippen LogP contribution in [0.2, 0.25) is 0 Å². The van der Waals surface area contributed by atoms with Gasteiger partial charge in [-0.05, 0) is 32.7 Å². The molecule has 1 amide bonds. The summed E-state index contributed by atoms with van der Waals surface area (Å²) in [6.45, 7) is 5.94. The van der Waals surface area contributed by atoms with Crippen molar-refractivity contribution in [1.29, 1.82) is 0 Å². The molecular formula is C11H22N2O2. The first-order valence-corrected chi connectivity index (χ1v) is 5.85. The maximum Gasteiger partial charge on any atom is 0.240 e. The average molecular weight is 214 g/mol. The fourth-order valence-corrected chi connectivity index (χ4v) is 1.94. The molecule has 0 aromatic heterocycles. The number of nitrogens with zero attached hydrogens (tertiary/aromatic N) is 1. The molecule has 1 heterocycles. The van der Waals surface area contributed by atoms with E-state index in [1.165, 1.54) is 0 Å². The fourth-order valence-electron chi connectivity index (χ4n) is 1.94. The number of nitrogens with one attached hydrogen (secondary N) is 1. The van der Waals surface area contributed by atoms with Gasteiger partial charge in [-0.15, -0.1) is 0 Å². The van der Waals surface area contributed by atoms with Gasteiger partial charge in [0.15, 0.2) is 0 Å². The Balaban J connectivity index is 2.65. The number of hydrogen-bond donors (Lipinski definition) is 2. The quantitative estimate of drug-likeness (QED) is 0.710. The van der Waals surface area contributed by atoms with Gasteiger partial charge in [-0.1, -0.05) is 6.92 Å². The van der Waals surface area contributed by atoms with Crippen molar-refractivity contribution in [2.75, 3.05) is 19.7 Å². The molecular weight excluding hydrogens is 192 g/mol. The molecule has 1 saturated heterocycles. The normalized spacial score (nSPS) is 25.1. The van der Waals surface area contributed by atoms with Crippen LogP contribution in [0.1, 0.15) is 33.1 Å². The Bertz CT molecular complexity index is 209. The van der Waals surface area contributed by atoms with Gasteiger partial charge in [0.25, 0.3) is 0 Å². The Morgan fingerprint density at radius 1 is 1.67 bits per heavy atom. The van der Waals surface area contributed by atoms with Crippen molar-refractivity contribution in [3.63, 3.8) is 0 Å². The molecule has 0 aliphatic carbocycles. The Morgan fingerprint density at radius 2 is 2.40 bits per heavy atom. The predicted octanol–water partition coefficient (Wildman–Crippen LogP) is 0.358. The molecule has 0 bridgehead atoms. The van der Waals surface area contributed by atoms with Crippen molar-refractivity contribution in [2.24, 2.45) is 0 Å². The van der Waals surface area contributed by atoms with Crippen molar-refractivity contribution in [3.05, 3.63) is 0 Å². The highest BCUT2D eigenvalue weighted by molar-refractivity contribution is 5.82. The summed E-state index contributed by atoms with van der Waals surface area (Å²) in [6, 6.07) is 0.116. The molecule has 15 heavy (non-hydrogen) atoms. The van der Waals surface area contributed by atoms with Crippen LogP contribution in [0.5, 0.6) is 0 Å². The standard InChI is InChI=1S/C11H22N2O2/c1-3-9(2)13-7-4-6-12-10(5-8-14)11(13)15/h9-10,12,14H,3-8H2,1-2H3. The van der Waals surface area contributed by atoms with E-state index in [-0.39, 0.29) is 18.6 Å². The third-order valence-corrected chi connectivity index (χ3v) is 3.09. The number of aliphatic hydroxyl groups is 1. The van der Waals surface area contributed by atoms with Crippen molar-refractivity contribution >= 4 is 5.91 Å². The summed E-state index contributed by atoms with van der Waals surface area (Å²) in [5.74, 6) is 0.149. The molecule has 4 nitrogen and oxygen atoms in total. The average Bonchev–Trinajstić information content (AvgIpc) is 2.42. The topological polar surface area (TPSA) is 52.6 Å². The zero-order valence-corrected chi connectivity index (χ0v) is 9.70. The zero-order valence-electron chi connectivity index (χ0n) is 9.70. The minimum absolute atomic E-state index is 0.0672. The van der Waals surface area contributed by atoms with Crippen molar-refractivity contribution in [3.8, 4) is 0 Å². The number of aliphatic hydroxyl groups excluding tert-OH is 1. The van der Waals surface area contributed by atoms with E-state index in [0.29, 0.717) is 12.5 Å². The van der Waals surface area contributed by atoms with Gasteiger partial charge in [-0.25, -0.2) is 0 Å². The lowest BCUT2D eigenvalue weighted by Crippen LogP contribution is -2.47. The summed E-state index contributed by atoms with van der Waals surface area (Å²) in [7, 11) is 0. The lowest BCUT2D eigenvalue weighted by atomic mass is 10.1. The molecule has 2 unspecified atom stereocenters. The second-order valence-electron chi connectivity index (χ2n) is 4.16. The summed E-state index contributed by atoms with van der Waals surface area (Å²) in [5.41, 5.74) is 0. The van der Waals surface area contributed by atoms with Gasteiger partial charge < -0.3 is 15.3 Å². The van der Waals surface area contributed by atoms with E-state index in [1.54, 1.807) is 0 Å². The third kappa shape index (κ3) is 3.18. The maximum atomic E-state index is 12.1. The lowest BCUT2D eigenvalue weighted by molar-refractivity contribution is -0.135. The first-order chi connectivity index (χ1) is 7.20. The van der Waals surface area contributed by atoms with E-state index >= 15 is 0 Å². The van der Waals surface area contributed by atoms with E-state index < -0.39 is 0 Å². The second-order valence-corrected chi connectivity index (χ2v) is 4.16. The monoisotopic (exact) mass is 214 g/mol. The van der Waals surface area contributed by atoms with Gasteiger partial charge in [0, 0.05) is 19.2 Å². The zero-order chi connectivity index (χ0) is 11.3. The summed E-state index contributed by atoms with van der Waals surface area (Å²) >= 11 is 0. The summed E-state index contributed by atoms with van der Waals surface area (Å²) in [4.78, 5) is 14.0. The first-order valence-electron chi connectivity index (χ1n) is 5.85. The minimum atomic E-state index is -0.188. The van der Waals surface area contributed by atoms with Crippen LogP contribution in [0.25, 0.3) is 0 Å². The molecule has 4 heteroatoms. The van der Waals surface area contributed by atoms with Gasteiger partial charge in [-0.3, -0.25) is 4.79 Å². The molecule has 1 rings (SSSR count). The Hall–Kier alpha value is -0.610. The molecule has 2 N–H and O–H groups in total. The summed E-state index contributed by atoms with van der Waals surface area (Å²) < 4.78 is 0. The van der Waals surface area contributed by atoms with Crippen LogP contribution >= 0.6 is 0 Å². The molecule has 0 spiro atoms. The molecule has 1 aliphatic heterocycles. The highest BCUT2D eigenvalue weighted by Crippen LogP contribution is 2.11. The van der Waals surface area contributed by atoms with Crippen LogP contribution in [0.15, 0.2) is 0 Å². The molecule has 0 aromatic carbocycles. The molecule has 0 radical (unpaired) electrons. The third-order valence-electron chi connectivity index (χ3n) is 3.09. The van der Waals surface area contributed by atoms with Gasteiger partial charge >= 0.3 is 0 Å². The first kappa shape index (κ1) is 12.5. The number of carbonyl (C=O) groups is 1. The largest absolute Gasteiger partial charge is 0.396 e. The van der Waals surface area contributed by atoms with Gasteiger partial charge in [0.1, 0.15) is 0 Å². The molecule has 0 aromatic rings. The molecule has 1 fully saturated rings. The van der Waals surface area contributed by atoms with Gasteiger partial charge in [-0.2, -0.15) is 0 Å². The van der Waals surface area contributed by atoms with Crippen LogP contribution < -0.4 is 5.32 Å². The number of carbonyl (C=O) groups excluding carboxylic acids is 1. The van der Waals surface area contributed by atoms with Crippen LogP contribution in [-0.2, 0) is 4.79 Å². The Morgan fingerprint density at radius 3 is 3.00 bits per heavy atom. The van der Waals surface area contributed by atoms with E-state index in [0.717, 1.165) is 25.9 Å². The highest BCUT2D eigenvalue weighted by Gasteiger charge is 2.28. The van der Waals surface area contributed by atoms with E-state index in [9.17, 15) is 4.79 Å².